The fourth-order valence-corrected chi connectivity index (χ4v) is 9.01. The van der Waals surface area contributed by atoms with Crippen LogP contribution in [0.3, 0.4) is 0 Å². The SMILES string of the molecule is CCO[SiH](OCC)N1CCC[Si]1(OC)OCC. The van der Waals surface area contributed by atoms with Gasteiger partial charge in [-0.3, -0.25) is 4.23 Å². The maximum absolute atomic E-state index is 5.94. The van der Waals surface area contributed by atoms with E-state index in [0.717, 1.165) is 19.0 Å². The highest BCUT2D eigenvalue weighted by atomic mass is 28.4. The summed E-state index contributed by atoms with van der Waals surface area (Å²) in [4.78, 5) is 0. The molecule has 0 aromatic heterocycles. The van der Waals surface area contributed by atoms with Crippen molar-refractivity contribution in [1.29, 1.82) is 0 Å². The first-order chi connectivity index (χ1) is 8.24. The zero-order chi connectivity index (χ0) is 12.7. The second-order valence-electron chi connectivity index (χ2n) is 3.86. The molecule has 1 unspecified atom stereocenters. The summed E-state index contributed by atoms with van der Waals surface area (Å²) in [5.74, 6) is 0. The lowest BCUT2D eigenvalue weighted by molar-refractivity contribution is 0.135. The fourth-order valence-electron chi connectivity index (χ4n) is 2.22. The van der Waals surface area contributed by atoms with Gasteiger partial charge in [-0.15, -0.1) is 0 Å². The molecule has 0 aromatic rings. The van der Waals surface area contributed by atoms with E-state index in [1.54, 1.807) is 7.11 Å². The van der Waals surface area contributed by atoms with Gasteiger partial charge in [-0.25, -0.2) is 0 Å². The molecule has 5 nitrogen and oxygen atoms in total. The molecule has 7 heteroatoms. The fraction of sp³-hybridized carbons (Fsp3) is 1.00. The van der Waals surface area contributed by atoms with E-state index in [4.69, 9.17) is 17.7 Å². The predicted octanol–water partition coefficient (Wildman–Crippen LogP) is 1.10. The number of nitrogens with zero attached hydrogens (tertiary/aromatic N) is 1. The number of hydrogen-bond donors (Lipinski definition) is 0. The molecular formula is C10H25NO4Si2. The Morgan fingerprint density at radius 2 is 1.76 bits per heavy atom. The van der Waals surface area contributed by atoms with E-state index < -0.39 is 18.2 Å². The Bertz CT molecular complexity index is 216. The van der Waals surface area contributed by atoms with Crippen LogP contribution in [0.25, 0.3) is 0 Å². The van der Waals surface area contributed by atoms with Crippen molar-refractivity contribution in [1.82, 2.24) is 4.23 Å². The van der Waals surface area contributed by atoms with E-state index >= 15 is 0 Å². The number of rotatable bonds is 8. The van der Waals surface area contributed by atoms with Gasteiger partial charge >= 0.3 is 18.2 Å². The van der Waals surface area contributed by atoms with E-state index in [0.29, 0.717) is 19.8 Å². The monoisotopic (exact) mass is 279 g/mol. The molecule has 0 saturated carbocycles. The van der Waals surface area contributed by atoms with Crippen LogP contribution in [0.5, 0.6) is 0 Å². The minimum Gasteiger partial charge on any atom is -0.386 e. The third kappa shape index (κ3) is 3.60. The molecule has 102 valence electrons. The van der Waals surface area contributed by atoms with Gasteiger partial charge in [0.1, 0.15) is 0 Å². The zero-order valence-corrected chi connectivity index (χ0v) is 13.6. The molecule has 0 aliphatic carbocycles. The lowest BCUT2D eigenvalue weighted by atomic mass is 10.5. The van der Waals surface area contributed by atoms with Gasteiger partial charge in [0.2, 0.25) is 0 Å². The molecule has 1 saturated heterocycles. The molecule has 0 spiro atoms. The first kappa shape index (κ1) is 15.3. The third-order valence-electron chi connectivity index (χ3n) is 2.89. The van der Waals surface area contributed by atoms with Crippen LogP contribution >= 0.6 is 0 Å². The van der Waals surface area contributed by atoms with Crippen molar-refractivity contribution in [2.75, 3.05) is 33.5 Å². The van der Waals surface area contributed by atoms with Crippen molar-refractivity contribution in [3.8, 4) is 0 Å². The van der Waals surface area contributed by atoms with E-state index in [-0.39, 0.29) is 0 Å². The lowest BCUT2D eigenvalue weighted by Gasteiger charge is -2.36. The Hall–Kier alpha value is 0.234. The highest BCUT2D eigenvalue weighted by molar-refractivity contribution is 6.74. The molecule has 1 aliphatic rings. The normalized spacial score (nSPS) is 25.9. The van der Waals surface area contributed by atoms with Gasteiger partial charge in [-0.05, 0) is 33.7 Å². The molecule has 17 heavy (non-hydrogen) atoms. The quantitative estimate of drug-likeness (QED) is 0.622. The van der Waals surface area contributed by atoms with Gasteiger partial charge in [0.15, 0.2) is 0 Å². The Kier molecular flexibility index (Phi) is 6.86. The molecule has 1 fully saturated rings. The van der Waals surface area contributed by atoms with Gasteiger partial charge in [0, 0.05) is 33.0 Å². The summed E-state index contributed by atoms with van der Waals surface area (Å²) in [6, 6.07) is 1.01. The summed E-state index contributed by atoms with van der Waals surface area (Å²) in [5.41, 5.74) is 0. The molecule has 1 aliphatic heterocycles. The van der Waals surface area contributed by atoms with Crippen LogP contribution in [-0.4, -0.2) is 55.9 Å². The Morgan fingerprint density at radius 1 is 1.12 bits per heavy atom. The van der Waals surface area contributed by atoms with Crippen LogP contribution in [0.15, 0.2) is 0 Å². The highest BCUT2D eigenvalue weighted by Crippen LogP contribution is 2.29. The van der Waals surface area contributed by atoms with Gasteiger partial charge < -0.3 is 17.7 Å². The summed E-state index contributed by atoms with van der Waals surface area (Å²) >= 11 is 0. The van der Waals surface area contributed by atoms with Crippen molar-refractivity contribution in [3.05, 3.63) is 0 Å². The minimum atomic E-state index is -2.23. The molecule has 0 amide bonds. The summed E-state index contributed by atoms with van der Waals surface area (Å²) in [6.07, 6.45) is 1.11. The first-order valence-corrected chi connectivity index (χ1v) is 9.86. The Balaban J connectivity index is 2.75. The summed E-state index contributed by atoms with van der Waals surface area (Å²) < 4.78 is 25.6. The van der Waals surface area contributed by atoms with Gasteiger partial charge in [-0.1, -0.05) is 0 Å². The van der Waals surface area contributed by atoms with Crippen molar-refractivity contribution in [3.63, 3.8) is 0 Å². The molecule has 0 bridgehead atoms. The van der Waals surface area contributed by atoms with Crippen molar-refractivity contribution < 1.29 is 17.7 Å². The summed E-state index contributed by atoms with van der Waals surface area (Å²) in [6.45, 7) is 9.08. The van der Waals surface area contributed by atoms with Crippen LogP contribution in [-0.2, 0) is 17.7 Å². The zero-order valence-electron chi connectivity index (χ0n) is 11.4. The highest BCUT2D eigenvalue weighted by Gasteiger charge is 2.52. The topological polar surface area (TPSA) is 40.2 Å². The van der Waals surface area contributed by atoms with Crippen LogP contribution in [0.4, 0.5) is 0 Å². The molecule has 1 heterocycles. The first-order valence-electron chi connectivity index (χ1n) is 6.43. The maximum Gasteiger partial charge on any atom is 0.424 e. The smallest absolute Gasteiger partial charge is 0.386 e. The van der Waals surface area contributed by atoms with Crippen LogP contribution in [0, 0.1) is 0 Å². The largest absolute Gasteiger partial charge is 0.424 e. The minimum absolute atomic E-state index is 0.688. The van der Waals surface area contributed by atoms with Crippen molar-refractivity contribution in [2.24, 2.45) is 0 Å². The molecule has 0 radical (unpaired) electrons. The van der Waals surface area contributed by atoms with Crippen LogP contribution < -0.4 is 0 Å². The van der Waals surface area contributed by atoms with Crippen molar-refractivity contribution in [2.45, 2.75) is 33.2 Å². The summed E-state index contributed by atoms with van der Waals surface area (Å²) in [7, 11) is -2.29. The van der Waals surface area contributed by atoms with E-state index in [9.17, 15) is 0 Å². The molecule has 0 aromatic carbocycles. The van der Waals surface area contributed by atoms with Crippen LogP contribution in [0.2, 0.25) is 6.04 Å². The standard InChI is InChI=1S/C10H25NO4Si2/c1-5-13-16(14-6-2)11-9-8-10-17(11,12-4)15-7-3/h16H,5-10H2,1-4H3. The summed E-state index contributed by atoms with van der Waals surface area (Å²) in [5, 5.41) is 0. The van der Waals surface area contributed by atoms with E-state index in [1.807, 2.05) is 20.8 Å². The molecule has 1 atom stereocenters. The average Bonchev–Trinajstić information content (AvgIpc) is 2.73. The van der Waals surface area contributed by atoms with E-state index in [2.05, 4.69) is 4.23 Å². The van der Waals surface area contributed by atoms with Gasteiger partial charge in [0.25, 0.3) is 0 Å². The maximum atomic E-state index is 5.94. The molecular weight excluding hydrogens is 254 g/mol. The molecule has 0 N–H and O–H groups in total. The molecule has 1 rings (SSSR count). The second kappa shape index (κ2) is 7.62. The Labute approximate surface area is 107 Å². The van der Waals surface area contributed by atoms with Gasteiger partial charge in [0.05, 0.1) is 0 Å². The average molecular weight is 279 g/mol. The van der Waals surface area contributed by atoms with Crippen LogP contribution in [0.1, 0.15) is 27.2 Å². The predicted molar refractivity (Wildman–Crippen MR) is 70.9 cm³/mol. The second-order valence-corrected chi connectivity index (χ2v) is 9.48. The van der Waals surface area contributed by atoms with Gasteiger partial charge in [-0.2, -0.15) is 0 Å². The third-order valence-corrected chi connectivity index (χ3v) is 10.2. The van der Waals surface area contributed by atoms with E-state index in [1.165, 1.54) is 0 Å². The lowest BCUT2D eigenvalue weighted by Crippen LogP contribution is -2.61. The Morgan fingerprint density at radius 3 is 2.24 bits per heavy atom. The van der Waals surface area contributed by atoms with Crippen molar-refractivity contribution >= 4 is 18.2 Å². The number of hydrogen-bond acceptors (Lipinski definition) is 5.